The minimum atomic E-state index is 0.600. The van der Waals surface area contributed by atoms with Gasteiger partial charge in [0.25, 0.3) is 0 Å². The van der Waals surface area contributed by atoms with Crippen LogP contribution in [0.1, 0.15) is 11.3 Å². The molecule has 19 heavy (non-hydrogen) atoms. The third kappa shape index (κ3) is 2.47. The van der Waals surface area contributed by atoms with Crippen molar-refractivity contribution < 1.29 is 0 Å². The van der Waals surface area contributed by atoms with Gasteiger partial charge in [-0.3, -0.25) is 4.40 Å². The Morgan fingerprint density at radius 3 is 3.16 bits per heavy atom. The number of nitrogens with zero attached hydrogens (tertiary/aromatic N) is 3. The van der Waals surface area contributed by atoms with Crippen LogP contribution >= 0.6 is 34.7 Å². The van der Waals surface area contributed by atoms with Crippen molar-refractivity contribution in [2.75, 3.05) is 0 Å². The second-order valence-electron chi connectivity index (χ2n) is 3.85. The largest absolute Gasteiger partial charge is 0.281 e. The first-order chi connectivity index (χ1) is 9.28. The van der Waals surface area contributed by atoms with E-state index < -0.39 is 0 Å². The molecule has 6 heteroatoms. The van der Waals surface area contributed by atoms with E-state index in [9.17, 15) is 5.26 Å². The quantitative estimate of drug-likeness (QED) is 0.681. The summed E-state index contributed by atoms with van der Waals surface area (Å²) >= 11 is 9.04. The lowest BCUT2D eigenvalue weighted by atomic mass is 10.2. The summed E-state index contributed by atoms with van der Waals surface area (Å²) in [6.07, 6.45) is 1.87. The number of fused-ring (bicyclic) bond motifs is 1. The molecule has 0 aliphatic heterocycles. The van der Waals surface area contributed by atoms with E-state index in [-0.39, 0.29) is 0 Å². The molecule has 1 aromatic carbocycles. The van der Waals surface area contributed by atoms with Gasteiger partial charge in [-0.05, 0) is 17.7 Å². The number of halogens is 1. The van der Waals surface area contributed by atoms with E-state index in [1.54, 1.807) is 11.8 Å². The zero-order chi connectivity index (χ0) is 13.2. The monoisotopic (exact) mass is 305 g/mol. The van der Waals surface area contributed by atoms with Crippen LogP contribution in [0.3, 0.4) is 0 Å². The number of rotatable bonds is 3. The highest BCUT2D eigenvalue weighted by atomic mass is 35.5. The van der Waals surface area contributed by atoms with Gasteiger partial charge in [0.15, 0.2) is 10.7 Å². The highest BCUT2D eigenvalue weighted by Gasteiger charge is 2.13. The van der Waals surface area contributed by atoms with Crippen LogP contribution in [0.25, 0.3) is 4.96 Å². The Labute approximate surface area is 123 Å². The minimum Gasteiger partial charge on any atom is -0.281 e. The van der Waals surface area contributed by atoms with Gasteiger partial charge in [0, 0.05) is 22.4 Å². The predicted octanol–water partition coefficient (Wildman–Crippen LogP) is 4.21. The molecule has 0 atom stereocenters. The zero-order valence-electron chi connectivity index (χ0n) is 9.71. The van der Waals surface area contributed by atoms with Gasteiger partial charge in [-0.25, -0.2) is 4.98 Å². The van der Waals surface area contributed by atoms with E-state index in [0.717, 1.165) is 26.3 Å². The van der Waals surface area contributed by atoms with Crippen LogP contribution in [0.2, 0.25) is 5.02 Å². The van der Waals surface area contributed by atoms with E-state index in [4.69, 9.17) is 11.6 Å². The number of hydrogen-bond acceptors (Lipinski definition) is 4. The average molecular weight is 306 g/mol. The Kier molecular flexibility index (Phi) is 3.47. The average Bonchev–Trinajstić information content (AvgIpc) is 2.96. The van der Waals surface area contributed by atoms with Crippen LogP contribution in [0, 0.1) is 11.3 Å². The van der Waals surface area contributed by atoms with Crippen LogP contribution in [0.4, 0.5) is 0 Å². The highest BCUT2D eigenvalue weighted by molar-refractivity contribution is 7.98. The minimum absolute atomic E-state index is 0.600. The Balaban J connectivity index is 1.86. The van der Waals surface area contributed by atoms with Crippen molar-refractivity contribution in [1.29, 1.82) is 5.26 Å². The zero-order valence-corrected chi connectivity index (χ0v) is 12.1. The summed E-state index contributed by atoms with van der Waals surface area (Å²) < 4.78 is 1.82. The molecule has 94 valence electrons. The lowest BCUT2D eigenvalue weighted by molar-refractivity contribution is 1.14. The lowest BCUT2D eigenvalue weighted by Gasteiger charge is -2.00. The fourth-order valence-electron chi connectivity index (χ4n) is 1.75. The van der Waals surface area contributed by atoms with Gasteiger partial charge >= 0.3 is 0 Å². The molecule has 0 unspecified atom stereocenters. The molecule has 0 bridgehead atoms. The predicted molar refractivity (Wildman–Crippen MR) is 78.8 cm³/mol. The van der Waals surface area contributed by atoms with Crippen molar-refractivity contribution in [1.82, 2.24) is 9.38 Å². The van der Waals surface area contributed by atoms with Crippen molar-refractivity contribution in [2.45, 2.75) is 10.8 Å². The number of thioether (sulfide) groups is 1. The second-order valence-corrected chi connectivity index (χ2v) is 6.13. The van der Waals surface area contributed by atoms with Gasteiger partial charge in [-0.1, -0.05) is 35.5 Å². The van der Waals surface area contributed by atoms with E-state index >= 15 is 0 Å². The lowest BCUT2D eigenvalue weighted by Crippen LogP contribution is -1.85. The van der Waals surface area contributed by atoms with Crippen molar-refractivity contribution in [3.8, 4) is 6.07 Å². The van der Waals surface area contributed by atoms with Crippen LogP contribution in [0.15, 0.2) is 40.9 Å². The molecule has 0 saturated heterocycles. The summed E-state index contributed by atoms with van der Waals surface area (Å²) in [6, 6.07) is 9.94. The highest BCUT2D eigenvalue weighted by Crippen LogP contribution is 2.28. The van der Waals surface area contributed by atoms with Crippen molar-refractivity contribution in [3.05, 3.63) is 52.1 Å². The summed E-state index contributed by atoms with van der Waals surface area (Å²) in [4.78, 5) is 5.32. The molecular formula is C13H8ClN3S2. The Hall–Kier alpha value is -1.48. The first-order valence-electron chi connectivity index (χ1n) is 5.51. The van der Waals surface area contributed by atoms with E-state index in [1.807, 2.05) is 40.2 Å². The Morgan fingerprint density at radius 1 is 1.47 bits per heavy atom. The molecule has 2 aromatic heterocycles. The van der Waals surface area contributed by atoms with Crippen molar-refractivity contribution in [2.24, 2.45) is 0 Å². The maximum atomic E-state index is 9.22. The maximum absolute atomic E-state index is 9.22. The van der Waals surface area contributed by atoms with Crippen LogP contribution in [-0.4, -0.2) is 9.38 Å². The Bertz CT molecular complexity index is 770. The van der Waals surface area contributed by atoms with Crippen LogP contribution < -0.4 is 0 Å². The number of hydrogen-bond donors (Lipinski definition) is 0. The standard InChI is InChI=1S/C13H8ClN3S2/c14-10-3-1-2-9(6-10)8-19-12-11(7-15)17-4-5-18-13(17)16-12/h1-6H,8H2. The fraction of sp³-hybridized carbons (Fsp3) is 0.0769. The summed E-state index contributed by atoms with van der Waals surface area (Å²) in [6.45, 7) is 0. The molecular weight excluding hydrogens is 298 g/mol. The second kappa shape index (κ2) is 5.25. The number of thiazole rings is 1. The molecule has 0 saturated carbocycles. The van der Waals surface area contributed by atoms with Gasteiger partial charge in [0.05, 0.1) is 0 Å². The summed E-state index contributed by atoms with van der Waals surface area (Å²) in [5, 5.41) is 12.6. The third-order valence-corrected chi connectivity index (χ3v) is 4.63. The molecule has 0 aliphatic carbocycles. The molecule has 2 heterocycles. The molecule has 3 nitrogen and oxygen atoms in total. The Morgan fingerprint density at radius 2 is 2.37 bits per heavy atom. The molecule has 0 amide bonds. The molecule has 0 fully saturated rings. The molecule has 0 spiro atoms. The van der Waals surface area contributed by atoms with Gasteiger partial charge in [0.1, 0.15) is 11.1 Å². The number of benzene rings is 1. The SMILES string of the molecule is N#Cc1c(SCc2cccc(Cl)c2)nc2sccn12. The van der Waals surface area contributed by atoms with Crippen LogP contribution in [0.5, 0.6) is 0 Å². The molecule has 0 aliphatic rings. The summed E-state index contributed by atoms with van der Waals surface area (Å²) in [7, 11) is 0. The number of nitriles is 1. The molecule has 3 rings (SSSR count). The number of imidazole rings is 1. The fourth-order valence-corrected chi connectivity index (χ4v) is 3.65. The molecule has 0 radical (unpaired) electrons. The van der Waals surface area contributed by atoms with E-state index in [2.05, 4.69) is 11.1 Å². The van der Waals surface area contributed by atoms with Crippen molar-refractivity contribution >= 4 is 39.7 Å². The first kappa shape index (κ1) is 12.5. The van der Waals surface area contributed by atoms with Gasteiger partial charge in [-0.2, -0.15) is 5.26 Å². The van der Waals surface area contributed by atoms with E-state index in [1.165, 1.54) is 11.3 Å². The van der Waals surface area contributed by atoms with Crippen molar-refractivity contribution in [3.63, 3.8) is 0 Å². The van der Waals surface area contributed by atoms with E-state index in [0.29, 0.717) is 5.69 Å². The molecule has 0 N–H and O–H groups in total. The first-order valence-corrected chi connectivity index (χ1v) is 7.75. The summed E-state index contributed by atoms with van der Waals surface area (Å²) in [5.74, 6) is 0.750. The van der Waals surface area contributed by atoms with Crippen LogP contribution in [-0.2, 0) is 5.75 Å². The van der Waals surface area contributed by atoms with Gasteiger partial charge in [0.2, 0.25) is 0 Å². The van der Waals surface area contributed by atoms with Gasteiger partial charge in [-0.15, -0.1) is 11.3 Å². The maximum Gasteiger partial charge on any atom is 0.195 e. The topological polar surface area (TPSA) is 41.1 Å². The third-order valence-electron chi connectivity index (χ3n) is 2.60. The summed E-state index contributed by atoms with van der Waals surface area (Å²) in [5.41, 5.74) is 1.72. The normalized spacial score (nSPS) is 10.7. The van der Waals surface area contributed by atoms with Gasteiger partial charge < -0.3 is 0 Å². The number of aromatic nitrogens is 2. The smallest absolute Gasteiger partial charge is 0.195 e. The molecule has 3 aromatic rings.